The highest BCUT2D eigenvalue weighted by Crippen LogP contribution is 2.21. The highest BCUT2D eigenvalue weighted by atomic mass is 16.5. The number of carbonyl (C=O) groups is 2. The van der Waals surface area contributed by atoms with E-state index in [9.17, 15) is 9.59 Å². The van der Waals surface area contributed by atoms with Crippen LogP contribution in [0.4, 0.5) is 10.5 Å². The third-order valence-corrected chi connectivity index (χ3v) is 3.42. The standard InChI is InChI=1S/C17H26N2O5/c1-12-11-13(24-10-9-23-4)5-6-14(12)18-16(22)19-17(2,3)8-7-15(20)21/h5-6,11H,7-10H2,1-4H3,(H,20,21)(H2,18,19,22). The molecule has 0 saturated carbocycles. The smallest absolute Gasteiger partial charge is 0.319 e. The van der Waals surface area contributed by atoms with E-state index in [1.54, 1.807) is 33.1 Å². The van der Waals surface area contributed by atoms with Crippen LogP contribution in [0.2, 0.25) is 0 Å². The zero-order valence-corrected chi connectivity index (χ0v) is 14.6. The quantitative estimate of drug-likeness (QED) is 0.602. The molecule has 24 heavy (non-hydrogen) atoms. The second-order valence-corrected chi connectivity index (χ2v) is 6.17. The second-order valence-electron chi connectivity index (χ2n) is 6.17. The summed E-state index contributed by atoms with van der Waals surface area (Å²) < 4.78 is 10.4. The molecule has 134 valence electrons. The number of anilines is 1. The third-order valence-electron chi connectivity index (χ3n) is 3.42. The van der Waals surface area contributed by atoms with Crippen LogP contribution in [-0.2, 0) is 9.53 Å². The van der Waals surface area contributed by atoms with Crippen molar-refractivity contribution in [1.29, 1.82) is 0 Å². The molecule has 0 bridgehead atoms. The maximum atomic E-state index is 12.1. The number of aliphatic carboxylic acids is 1. The average molecular weight is 338 g/mol. The molecule has 0 heterocycles. The lowest BCUT2D eigenvalue weighted by atomic mass is 9.99. The Labute approximate surface area is 142 Å². The van der Waals surface area contributed by atoms with Crippen molar-refractivity contribution in [3.05, 3.63) is 23.8 Å². The first kappa shape index (κ1) is 19.8. The Kier molecular flexibility index (Phi) is 7.51. The number of carboxylic acids is 1. The van der Waals surface area contributed by atoms with Gasteiger partial charge in [-0.15, -0.1) is 0 Å². The summed E-state index contributed by atoms with van der Waals surface area (Å²) in [6.07, 6.45) is 0.348. The Bertz CT molecular complexity index is 572. The van der Waals surface area contributed by atoms with Crippen molar-refractivity contribution in [2.75, 3.05) is 25.6 Å². The monoisotopic (exact) mass is 338 g/mol. The maximum Gasteiger partial charge on any atom is 0.319 e. The van der Waals surface area contributed by atoms with Crippen LogP contribution >= 0.6 is 0 Å². The van der Waals surface area contributed by atoms with Crippen LogP contribution in [-0.4, -0.2) is 43.0 Å². The Balaban J connectivity index is 2.58. The van der Waals surface area contributed by atoms with Crippen LogP contribution in [0.1, 0.15) is 32.3 Å². The normalized spacial score (nSPS) is 11.0. The van der Waals surface area contributed by atoms with E-state index in [0.29, 0.717) is 31.1 Å². The van der Waals surface area contributed by atoms with Gasteiger partial charge in [-0.1, -0.05) is 0 Å². The first-order valence-electron chi connectivity index (χ1n) is 7.77. The first-order valence-corrected chi connectivity index (χ1v) is 7.77. The summed E-state index contributed by atoms with van der Waals surface area (Å²) in [6, 6.07) is 5.00. The predicted molar refractivity (Wildman–Crippen MR) is 91.7 cm³/mol. The molecule has 0 radical (unpaired) electrons. The summed E-state index contributed by atoms with van der Waals surface area (Å²) in [5.41, 5.74) is 0.920. The van der Waals surface area contributed by atoms with E-state index in [0.717, 1.165) is 5.56 Å². The van der Waals surface area contributed by atoms with Crippen LogP contribution in [0.5, 0.6) is 5.75 Å². The van der Waals surface area contributed by atoms with Crippen molar-refractivity contribution >= 4 is 17.7 Å². The minimum Gasteiger partial charge on any atom is -0.491 e. The summed E-state index contributed by atoms with van der Waals surface area (Å²) in [4.78, 5) is 22.7. The van der Waals surface area contributed by atoms with Gasteiger partial charge in [0.25, 0.3) is 0 Å². The molecule has 7 heteroatoms. The highest BCUT2D eigenvalue weighted by Gasteiger charge is 2.21. The molecule has 1 rings (SSSR count). The maximum absolute atomic E-state index is 12.1. The summed E-state index contributed by atoms with van der Waals surface area (Å²) in [6.45, 7) is 6.41. The lowest BCUT2D eigenvalue weighted by Gasteiger charge is -2.26. The van der Waals surface area contributed by atoms with Crippen molar-refractivity contribution in [1.82, 2.24) is 5.32 Å². The number of ether oxygens (including phenoxy) is 2. The Morgan fingerprint density at radius 1 is 1.25 bits per heavy atom. The van der Waals surface area contributed by atoms with Gasteiger partial charge >= 0.3 is 12.0 Å². The number of nitrogens with one attached hydrogen (secondary N) is 2. The molecule has 0 spiro atoms. The van der Waals surface area contributed by atoms with E-state index >= 15 is 0 Å². The van der Waals surface area contributed by atoms with Gasteiger partial charge in [-0.3, -0.25) is 4.79 Å². The van der Waals surface area contributed by atoms with Gasteiger partial charge in [0.2, 0.25) is 0 Å². The van der Waals surface area contributed by atoms with Gasteiger partial charge in [-0.2, -0.15) is 0 Å². The van der Waals surface area contributed by atoms with E-state index in [-0.39, 0.29) is 12.5 Å². The van der Waals surface area contributed by atoms with Gasteiger partial charge in [-0.05, 0) is 51.0 Å². The number of benzene rings is 1. The number of aryl methyl sites for hydroxylation is 1. The Morgan fingerprint density at radius 3 is 2.54 bits per heavy atom. The fourth-order valence-corrected chi connectivity index (χ4v) is 2.05. The van der Waals surface area contributed by atoms with Crippen LogP contribution in [0.3, 0.4) is 0 Å². The van der Waals surface area contributed by atoms with Gasteiger partial charge in [0.05, 0.1) is 6.61 Å². The second kappa shape index (κ2) is 9.12. The molecule has 0 aliphatic carbocycles. The lowest BCUT2D eigenvalue weighted by Crippen LogP contribution is -2.45. The molecule has 0 saturated heterocycles. The number of rotatable bonds is 9. The van der Waals surface area contributed by atoms with Gasteiger partial charge < -0.3 is 25.2 Å². The van der Waals surface area contributed by atoms with Crippen molar-refractivity contribution in [3.63, 3.8) is 0 Å². The largest absolute Gasteiger partial charge is 0.491 e. The molecule has 0 aliphatic rings. The molecule has 0 atom stereocenters. The molecule has 0 fully saturated rings. The van der Waals surface area contributed by atoms with Crippen molar-refractivity contribution in [3.8, 4) is 5.75 Å². The van der Waals surface area contributed by atoms with Crippen molar-refractivity contribution in [2.45, 2.75) is 39.2 Å². The van der Waals surface area contributed by atoms with Crippen LogP contribution in [0, 0.1) is 6.92 Å². The van der Waals surface area contributed by atoms with E-state index in [2.05, 4.69) is 10.6 Å². The molecule has 0 unspecified atom stereocenters. The number of hydrogen-bond donors (Lipinski definition) is 3. The predicted octanol–water partition coefficient (Wildman–Crippen LogP) is 2.79. The molecule has 7 nitrogen and oxygen atoms in total. The summed E-state index contributed by atoms with van der Waals surface area (Å²) in [5, 5.41) is 14.3. The SMILES string of the molecule is COCCOc1ccc(NC(=O)NC(C)(C)CCC(=O)O)c(C)c1. The molecule has 1 aromatic carbocycles. The zero-order valence-electron chi connectivity index (χ0n) is 14.6. The number of urea groups is 1. The van der Waals surface area contributed by atoms with E-state index < -0.39 is 11.5 Å². The van der Waals surface area contributed by atoms with Gasteiger partial charge in [0.1, 0.15) is 12.4 Å². The van der Waals surface area contributed by atoms with Crippen molar-refractivity contribution in [2.24, 2.45) is 0 Å². The average Bonchev–Trinajstić information content (AvgIpc) is 2.48. The van der Waals surface area contributed by atoms with Gasteiger partial charge in [0.15, 0.2) is 0 Å². The fourth-order valence-electron chi connectivity index (χ4n) is 2.05. The number of carboxylic acid groups (broad SMARTS) is 1. The molecule has 1 aromatic rings. The van der Waals surface area contributed by atoms with Crippen LogP contribution in [0.25, 0.3) is 0 Å². The molecule has 3 N–H and O–H groups in total. The lowest BCUT2D eigenvalue weighted by molar-refractivity contribution is -0.137. The number of amides is 2. The molecule has 0 aliphatic heterocycles. The minimum atomic E-state index is -0.884. The van der Waals surface area contributed by atoms with E-state index in [1.165, 1.54) is 0 Å². The first-order chi connectivity index (χ1) is 11.2. The minimum absolute atomic E-state index is 0.000181. The zero-order chi connectivity index (χ0) is 18.2. The number of methoxy groups -OCH3 is 1. The van der Waals surface area contributed by atoms with Gasteiger partial charge in [0, 0.05) is 24.8 Å². The summed E-state index contributed by atoms with van der Waals surface area (Å²) in [7, 11) is 1.61. The number of hydrogen-bond acceptors (Lipinski definition) is 4. The Hall–Kier alpha value is -2.28. The molecular formula is C17H26N2O5. The molecule has 2 amide bonds. The van der Waals surface area contributed by atoms with Crippen molar-refractivity contribution < 1.29 is 24.2 Å². The van der Waals surface area contributed by atoms with E-state index in [1.807, 2.05) is 13.0 Å². The topological polar surface area (TPSA) is 96.9 Å². The van der Waals surface area contributed by atoms with Gasteiger partial charge in [-0.25, -0.2) is 4.79 Å². The third kappa shape index (κ3) is 7.32. The van der Waals surface area contributed by atoms with Crippen LogP contribution < -0.4 is 15.4 Å². The van der Waals surface area contributed by atoms with Crippen LogP contribution in [0.15, 0.2) is 18.2 Å². The molecular weight excluding hydrogens is 312 g/mol. The fraction of sp³-hybridized carbons (Fsp3) is 0.529. The highest BCUT2D eigenvalue weighted by molar-refractivity contribution is 5.90. The summed E-state index contributed by atoms with van der Waals surface area (Å²) in [5.74, 6) is -0.178. The summed E-state index contributed by atoms with van der Waals surface area (Å²) >= 11 is 0. The van der Waals surface area contributed by atoms with E-state index in [4.69, 9.17) is 14.6 Å². The number of carbonyl (C=O) groups excluding carboxylic acids is 1. The molecule has 0 aromatic heterocycles. The Morgan fingerprint density at radius 2 is 1.96 bits per heavy atom.